The molecule has 0 spiro atoms. The van der Waals surface area contributed by atoms with Gasteiger partial charge in [-0.15, -0.1) is 0 Å². The van der Waals surface area contributed by atoms with E-state index in [2.05, 4.69) is 4.72 Å². The van der Waals surface area contributed by atoms with Crippen LogP contribution >= 0.6 is 0 Å². The van der Waals surface area contributed by atoms with Gasteiger partial charge in [0.25, 0.3) is 5.91 Å². The Labute approximate surface area is 211 Å². The number of halogens is 4. The molecule has 4 rings (SSSR count). The molecular formula is C24H24F4N4O4S. The second-order valence-corrected chi connectivity index (χ2v) is 10.9. The Morgan fingerprint density at radius 1 is 1.14 bits per heavy atom. The summed E-state index contributed by atoms with van der Waals surface area (Å²) in [7, 11) is -2.74. The van der Waals surface area contributed by atoms with Gasteiger partial charge in [0.15, 0.2) is 0 Å². The molecule has 0 atom stereocenters. The number of hydrogen-bond donors (Lipinski definition) is 1. The minimum atomic E-state index is -4.45. The molecule has 2 aliphatic rings. The Balaban J connectivity index is 1.55. The largest absolute Gasteiger partial charge is 0.492 e. The first-order chi connectivity index (χ1) is 17.4. The number of piperazine rings is 1. The number of nitrogens with zero attached hydrogens (tertiary/aromatic N) is 3. The van der Waals surface area contributed by atoms with E-state index in [4.69, 9.17) is 10.00 Å². The van der Waals surface area contributed by atoms with Crippen molar-refractivity contribution >= 4 is 21.6 Å². The minimum Gasteiger partial charge on any atom is -0.492 e. The zero-order valence-electron chi connectivity index (χ0n) is 19.8. The van der Waals surface area contributed by atoms with Gasteiger partial charge >= 0.3 is 6.18 Å². The third-order valence-corrected chi connectivity index (χ3v) is 8.12. The average molecular weight is 541 g/mol. The number of nitriles is 1. The van der Waals surface area contributed by atoms with Gasteiger partial charge in [-0.3, -0.25) is 4.79 Å². The lowest BCUT2D eigenvalue weighted by Gasteiger charge is -2.36. The number of alkyl halides is 3. The van der Waals surface area contributed by atoms with Crippen molar-refractivity contribution in [1.82, 2.24) is 9.62 Å². The van der Waals surface area contributed by atoms with Crippen molar-refractivity contribution in [3.8, 4) is 11.8 Å². The first-order valence-electron chi connectivity index (χ1n) is 11.4. The maximum atomic E-state index is 14.4. The highest BCUT2D eigenvalue weighted by molar-refractivity contribution is 7.89. The summed E-state index contributed by atoms with van der Waals surface area (Å²) in [6, 6.07) is 9.39. The van der Waals surface area contributed by atoms with Gasteiger partial charge in [-0.2, -0.15) is 18.4 Å². The van der Waals surface area contributed by atoms with Crippen LogP contribution in [0.3, 0.4) is 0 Å². The van der Waals surface area contributed by atoms with Crippen molar-refractivity contribution in [3.05, 3.63) is 53.3 Å². The molecule has 37 heavy (non-hydrogen) atoms. The molecule has 1 heterocycles. The summed E-state index contributed by atoms with van der Waals surface area (Å²) in [5.74, 6) is -1.32. The lowest BCUT2D eigenvalue weighted by molar-refractivity contribution is -0.194. The summed E-state index contributed by atoms with van der Waals surface area (Å²) in [5.41, 5.74) is -1.69. The number of ether oxygens (including phenoxy) is 1. The normalized spacial score (nSPS) is 17.3. The molecule has 0 unspecified atom stereocenters. The van der Waals surface area contributed by atoms with Crippen LogP contribution in [-0.4, -0.2) is 65.2 Å². The Morgan fingerprint density at radius 3 is 2.35 bits per heavy atom. The molecule has 8 nitrogen and oxygen atoms in total. The summed E-state index contributed by atoms with van der Waals surface area (Å²) in [6.07, 6.45) is -4.62. The van der Waals surface area contributed by atoms with E-state index in [0.29, 0.717) is 0 Å². The number of carbonyl (C=O) groups is 1. The molecular weight excluding hydrogens is 516 g/mol. The number of nitrogens with one attached hydrogen (secondary N) is 1. The quantitative estimate of drug-likeness (QED) is 0.541. The summed E-state index contributed by atoms with van der Waals surface area (Å²) < 4.78 is 86.8. The fourth-order valence-corrected chi connectivity index (χ4v) is 4.87. The highest BCUT2D eigenvalue weighted by atomic mass is 32.2. The molecule has 1 N–H and O–H groups in total. The predicted molar refractivity (Wildman–Crippen MR) is 125 cm³/mol. The summed E-state index contributed by atoms with van der Waals surface area (Å²) in [6.45, 7) is 0.105. The van der Waals surface area contributed by atoms with Crippen LogP contribution in [-0.2, 0) is 10.0 Å². The van der Waals surface area contributed by atoms with Crippen LogP contribution in [0.1, 0.15) is 28.8 Å². The lowest BCUT2D eigenvalue weighted by Crippen LogP contribution is -2.49. The van der Waals surface area contributed by atoms with Gasteiger partial charge in [0, 0.05) is 26.2 Å². The van der Waals surface area contributed by atoms with E-state index in [1.807, 2.05) is 6.07 Å². The molecule has 2 fully saturated rings. The highest BCUT2D eigenvalue weighted by Crippen LogP contribution is 2.57. The number of sulfonamides is 1. The zero-order valence-corrected chi connectivity index (χ0v) is 20.6. The number of hydrogen-bond acceptors (Lipinski definition) is 6. The van der Waals surface area contributed by atoms with E-state index in [1.54, 1.807) is 4.90 Å². The number of amides is 1. The maximum Gasteiger partial charge on any atom is 0.397 e. The molecule has 0 radical (unpaired) electrons. The van der Waals surface area contributed by atoms with Crippen molar-refractivity contribution < 1.29 is 35.5 Å². The summed E-state index contributed by atoms with van der Waals surface area (Å²) >= 11 is 0. The van der Waals surface area contributed by atoms with E-state index in [0.717, 1.165) is 18.2 Å². The standard InChI is InChI=1S/C24H24F4N4O4S/c1-30-37(34,35)17-3-5-21(36-15-23(6-7-23)24(26,27)28)18(13-17)22(33)32-10-8-31(9-11-32)20-4-2-16(14-29)12-19(20)25/h2-5,12-13,30H,6-11,15H2,1H3. The minimum absolute atomic E-state index is 0.0835. The molecule has 1 saturated heterocycles. The SMILES string of the molecule is CNS(=O)(=O)c1ccc(OCC2(C(F)(F)F)CC2)c(C(=O)N2CCN(c3ccc(C#N)cc3F)CC2)c1. The van der Waals surface area contributed by atoms with Crippen LogP contribution in [0.25, 0.3) is 0 Å². The summed E-state index contributed by atoms with van der Waals surface area (Å²) in [5, 5.41) is 8.92. The molecule has 0 aromatic heterocycles. The molecule has 0 bridgehead atoms. The van der Waals surface area contributed by atoms with E-state index < -0.39 is 39.9 Å². The smallest absolute Gasteiger partial charge is 0.397 e. The van der Waals surface area contributed by atoms with Gasteiger partial charge in [0.1, 0.15) is 23.6 Å². The van der Waals surface area contributed by atoms with Crippen molar-refractivity contribution in [2.75, 3.05) is 44.7 Å². The molecule has 1 aliphatic carbocycles. The molecule has 198 valence electrons. The number of benzene rings is 2. The van der Waals surface area contributed by atoms with Gasteiger partial charge in [-0.1, -0.05) is 0 Å². The van der Waals surface area contributed by atoms with Crippen molar-refractivity contribution in [2.45, 2.75) is 23.9 Å². The second-order valence-electron chi connectivity index (χ2n) is 8.99. The first kappa shape index (κ1) is 26.7. The van der Waals surface area contributed by atoms with E-state index in [1.165, 1.54) is 30.1 Å². The van der Waals surface area contributed by atoms with Crippen molar-refractivity contribution in [2.24, 2.45) is 5.41 Å². The van der Waals surface area contributed by atoms with Crippen LogP contribution in [0, 0.1) is 22.6 Å². The maximum absolute atomic E-state index is 14.4. The third-order valence-electron chi connectivity index (χ3n) is 6.70. The van der Waals surface area contributed by atoms with Gasteiger partial charge in [-0.05, 0) is 56.3 Å². The Kier molecular flexibility index (Phi) is 7.09. The Bertz CT molecular complexity index is 1350. The molecule has 2 aromatic rings. The van der Waals surface area contributed by atoms with Crippen molar-refractivity contribution in [1.29, 1.82) is 5.26 Å². The Hall–Kier alpha value is -3.37. The van der Waals surface area contributed by atoms with E-state index >= 15 is 0 Å². The lowest BCUT2D eigenvalue weighted by atomic mass is 10.1. The van der Waals surface area contributed by atoms with E-state index in [9.17, 15) is 30.8 Å². The first-order valence-corrected chi connectivity index (χ1v) is 12.9. The number of carbonyl (C=O) groups excluding carboxylic acids is 1. The molecule has 2 aromatic carbocycles. The zero-order chi connectivity index (χ0) is 27.0. The molecule has 1 amide bonds. The third kappa shape index (κ3) is 5.35. The topological polar surface area (TPSA) is 103 Å². The average Bonchev–Trinajstić information content (AvgIpc) is 3.68. The molecule has 13 heteroatoms. The van der Waals surface area contributed by atoms with E-state index in [-0.39, 0.29) is 66.5 Å². The van der Waals surface area contributed by atoms with Crippen LogP contribution in [0.15, 0.2) is 41.3 Å². The summed E-state index contributed by atoms with van der Waals surface area (Å²) in [4.78, 5) is 16.3. The predicted octanol–water partition coefficient (Wildman–Crippen LogP) is 3.29. The van der Waals surface area contributed by atoms with Gasteiger partial charge < -0.3 is 14.5 Å². The fourth-order valence-electron chi connectivity index (χ4n) is 4.12. The van der Waals surface area contributed by atoms with Crippen LogP contribution in [0.5, 0.6) is 5.75 Å². The van der Waals surface area contributed by atoms with Crippen LogP contribution in [0.2, 0.25) is 0 Å². The Morgan fingerprint density at radius 2 is 1.81 bits per heavy atom. The van der Waals surface area contributed by atoms with Crippen LogP contribution in [0.4, 0.5) is 23.2 Å². The van der Waals surface area contributed by atoms with Crippen LogP contribution < -0.4 is 14.4 Å². The molecule has 1 saturated carbocycles. The monoisotopic (exact) mass is 540 g/mol. The van der Waals surface area contributed by atoms with Gasteiger partial charge in [0.05, 0.1) is 27.8 Å². The fraction of sp³-hybridized carbons (Fsp3) is 0.417. The van der Waals surface area contributed by atoms with Crippen molar-refractivity contribution in [3.63, 3.8) is 0 Å². The number of rotatable bonds is 7. The number of anilines is 1. The highest BCUT2D eigenvalue weighted by Gasteiger charge is 2.64. The van der Waals surface area contributed by atoms with Gasteiger partial charge in [-0.25, -0.2) is 17.5 Å². The van der Waals surface area contributed by atoms with Gasteiger partial charge in [0.2, 0.25) is 10.0 Å². The molecule has 1 aliphatic heterocycles. The second kappa shape index (κ2) is 9.83.